The van der Waals surface area contributed by atoms with Gasteiger partial charge >= 0.3 is 5.97 Å². The molecular formula is C19H24N2O5. The van der Waals surface area contributed by atoms with E-state index in [0.29, 0.717) is 12.2 Å². The summed E-state index contributed by atoms with van der Waals surface area (Å²) < 4.78 is 10.4. The minimum Gasteiger partial charge on any atom is -0.497 e. The highest BCUT2D eigenvalue weighted by molar-refractivity contribution is 6.09. The van der Waals surface area contributed by atoms with E-state index in [1.54, 1.807) is 26.2 Å². The number of ether oxygens (including phenoxy) is 2. The Morgan fingerprint density at radius 3 is 2.38 bits per heavy atom. The van der Waals surface area contributed by atoms with Crippen LogP contribution in [0.25, 0.3) is 0 Å². The van der Waals surface area contributed by atoms with Crippen LogP contribution < -0.4 is 10.1 Å². The molecule has 4 atom stereocenters. The van der Waals surface area contributed by atoms with Crippen LogP contribution in [-0.2, 0) is 19.1 Å². The Kier molecular flexibility index (Phi) is 4.75. The van der Waals surface area contributed by atoms with Crippen molar-refractivity contribution in [3.63, 3.8) is 0 Å². The predicted octanol–water partition coefficient (Wildman–Crippen LogP) is 1.28. The SMILES string of the molecule is CCOC(=O)C1(CC)NC(c2ccc(OC)cc2)C2C(=O)N(C)C(=O)C21. The molecular weight excluding hydrogens is 336 g/mol. The number of imide groups is 1. The number of esters is 1. The summed E-state index contributed by atoms with van der Waals surface area (Å²) in [5, 5.41) is 3.29. The Morgan fingerprint density at radius 2 is 1.85 bits per heavy atom. The highest BCUT2D eigenvalue weighted by Crippen LogP contribution is 2.50. The zero-order chi connectivity index (χ0) is 19.1. The van der Waals surface area contributed by atoms with Crippen molar-refractivity contribution in [1.29, 1.82) is 0 Å². The molecule has 0 bridgehead atoms. The van der Waals surface area contributed by atoms with Gasteiger partial charge in [-0.15, -0.1) is 0 Å². The number of carbonyl (C=O) groups excluding carboxylic acids is 3. The van der Waals surface area contributed by atoms with E-state index in [1.807, 2.05) is 19.1 Å². The van der Waals surface area contributed by atoms with E-state index in [-0.39, 0.29) is 18.4 Å². The third-order valence-corrected chi connectivity index (χ3v) is 5.55. The molecule has 0 radical (unpaired) electrons. The van der Waals surface area contributed by atoms with E-state index < -0.39 is 29.4 Å². The Bertz CT molecular complexity index is 732. The summed E-state index contributed by atoms with van der Waals surface area (Å²) in [7, 11) is 3.05. The van der Waals surface area contributed by atoms with Crippen LogP contribution in [0.2, 0.25) is 0 Å². The summed E-state index contributed by atoms with van der Waals surface area (Å²) in [4.78, 5) is 39.5. The third kappa shape index (κ3) is 2.49. The second-order valence-electron chi connectivity index (χ2n) is 6.68. The van der Waals surface area contributed by atoms with E-state index in [4.69, 9.17) is 9.47 Å². The zero-order valence-corrected chi connectivity index (χ0v) is 15.4. The fourth-order valence-corrected chi connectivity index (χ4v) is 4.16. The lowest BCUT2D eigenvalue weighted by molar-refractivity contribution is -0.156. The molecule has 2 amide bonds. The lowest BCUT2D eigenvalue weighted by Crippen LogP contribution is -2.55. The first-order valence-electron chi connectivity index (χ1n) is 8.81. The van der Waals surface area contributed by atoms with Gasteiger partial charge in [-0.05, 0) is 31.0 Å². The van der Waals surface area contributed by atoms with E-state index in [9.17, 15) is 14.4 Å². The Balaban J connectivity index is 2.07. The molecule has 7 nitrogen and oxygen atoms in total. The lowest BCUT2D eigenvalue weighted by Gasteiger charge is -2.31. The number of nitrogens with zero attached hydrogens (tertiary/aromatic N) is 1. The van der Waals surface area contributed by atoms with Crippen LogP contribution in [0, 0.1) is 11.8 Å². The van der Waals surface area contributed by atoms with Crippen molar-refractivity contribution in [3.05, 3.63) is 29.8 Å². The molecule has 2 aliphatic heterocycles. The highest BCUT2D eigenvalue weighted by Gasteiger charge is 2.67. The van der Waals surface area contributed by atoms with Gasteiger partial charge in [-0.1, -0.05) is 19.1 Å². The van der Waals surface area contributed by atoms with Gasteiger partial charge in [0.15, 0.2) is 0 Å². The molecule has 2 heterocycles. The molecule has 1 N–H and O–H groups in total. The predicted molar refractivity (Wildman–Crippen MR) is 93.3 cm³/mol. The number of rotatable bonds is 5. The topological polar surface area (TPSA) is 84.9 Å². The average Bonchev–Trinajstić information content (AvgIpc) is 3.12. The molecule has 2 saturated heterocycles. The van der Waals surface area contributed by atoms with Crippen molar-refractivity contribution in [2.75, 3.05) is 20.8 Å². The van der Waals surface area contributed by atoms with Crippen molar-refractivity contribution >= 4 is 17.8 Å². The number of fused-ring (bicyclic) bond motifs is 1. The minimum absolute atomic E-state index is 0.213. The second-order valence-corrected chi connectivity index (χ2v) is 6.68. The normalized spacial score (nSPS) is 30.5. The van der Waals surface area contributed by atoms with Crippen molar-refractivity contribution in [3.8, 4) is 5.75 Å². The molecule has 0 aliphatic carbocycles. The van der Waals surface area contributed by atoms with Crippen LogP contribution in [0.5, 0.6) is 5.75 Å². The Hall–Kier alpha value is -2.41. The monoisotopic (exact) mass is 360 g/mol. The summed E-state index contributed by atoms with van der Waals surface area (Å²) in [6.07, 6.45) is 0.354. The number of likely N-dealkylation sites (tertiary alicyclic amines) is 1. The van der Waals surface area contributed by atoms with Gasteiger partial charge in [0.05, 0.1) is 25.6 Å². The minimum atomic E-state index is -1.21. The summed E-state index contributed by atoms with van der Waals surface area (Å²) >= 11 is 0. The summed E-state index contributed by atoms with van der Waals surface area (Å²) in [5.41, 5.74) is -0.375. The first-order valence-corrected chi connectivity index (χ1v) is 8.81. The van der Waals surface area contributed by atoms with Gasteiger partial charge in [-0.25, -0.2) is 0 Å². The smallest absolute Gasteiger partial charge is 0.327 e. The van der Waals surface area contributed by atoms with Crippen LogP contribution in [0.4, 0.5) is 0 Å². The van der Waals surface area contributed by atoms with Gasteiger partial charge < -0.3 is 9.47 Å². The average molecular weight is 360 g/mol. The number of carbonyl (C=O) groups is 3. The van der Waals surface area contributed by atoms with Crippen LogP contribution in [-0.4, -0.2) is 49.0 Å². The zero-order valence-electron chi connectivity index (χ0n) is 15.4. The van der Waals surface area contributed by atoms with Crippen LogP contribution in [0.1, 0.15) is 31.9 Å². The van der Waals surface area contributed by atoms with Crippen LogP contribution in [0.15, 0.2) is 24.3 Å². The first-order chi connectivity index (χ1) is 12.4. The molecule has 1 aromatic rings. The molecule has 140 valence electrons. The standard InChI is InChI=1S/C19H24N2O5/c1-5-19(18(24)26-6-2)14-13(16(22)21(3)17(14)23)15(20-19)11-7-9-12(25-4)10-8-11/h7-10,13-15,20H,5-6H2,1-4H3. The van der Waals surface area contributed by atoms with Crippen molar-refractivity contribution in [2.45, 2.75) is 31.8 Å². The van der Waals surface area contributed by atoms with E-state index in [0.717, 1.165) is 10.5 Å². The molecule has 26 heavy (non-hydrogen) atoms. The summed E-state index contributed by atoms with van der Waals surface area (Å²) in [6, 6.07) is 6.85. The maximum atomic E-state index is 12.8. The Labute approximate surface area is 152 Å². The molecule has 0 aromatic heterocycles. The number of nitrogens with one attached hydrogen (secondary N) is 1. The van der Waals surface area contributed by atoms with Gasteiger partial charge in [0, 0.05) is 13.1 Å². The number of benzene rings is 1. The van der Waals surface area contributed by atoms with Crippen molar-refractivity contribution in [2.24, 2.45) is 11.8 Å². The van der Waals surface area contributed by atoms with Crippen molar-refractivity contribution in [1.82, 2.24) is 10.2 Å². The number of hydrogen-bond acceptors (Lipinski definition) is 6. The Morgan fingerprint density at radius 1 is 1.19 bits per heavy atom. The molecule has 2 fully saturated rings. The highest BCUT2D eigenvalue weighted by atomic mass is 16.5. The van der Waals surface area contributed by atoms with E-state index in [2.05, 4.69) is 5.32 Å². The molecule has 0 saturated carbocycles. The van der Waals surface area contributed by atoms with Crippen LogP contribution in [0.3, 0.4) is 0 Å². The van der Waals surface area contributed by atoms with Gasteiger partial charge in [-0.2, -0.15) is 0 Å². The molecule has 1 aromatic carbocycles. The molecule has 2 aliphatic rings. The second kappa shape index (κ2) is 6.72. The van der Waals surface area contributed by atoms with Gasteiger partial charge in [0.2, 0.25) is 11.8 Å². The fourth-order valence-electron chi connectivity index (χ4n) is 4.16. The van der Waals surface area contributed by atoms with Crippen molar-refractivity contribution < 1.29 is 23.9 Å². The number of hydrogen-bond donors (Lipinski definition) is 1. The molecule has 7 heteroatoms. The number of methoxy groups -OCH3 is 1. The van der Waals surface area contributed by atoms with Gasteiger partial charge in [0.1, 0.15) is 11.3 Å². The van der Waals surface area contributed by atoms with E-state index >= 15 is 0 Å². The summed E-state index contributed by atoms with van der Waals surface area (Å²) in [6.45, 7) is 3.76. The third-order valence-electron chi connectivity index (χ3n) is 5.55. The summed E-state index contributed by atoms with van der Waals surface area (Å²) in [5.74, 6) is -1.79. The first kappa shape index (κ1) is 18.4. The largest absolute Gasteiger partial charge is 0.497 e. The molecule has 4 unspecified atom stereocenters. The van der Waals surface area contributed by atoms with Gasteiger partial charge in [-0.3, -0.25) is 24.6 Å². The maximum absolute atomic E-state index is 12.8. The molecule has 3 rings (SSSR count). The molecule has 0 spiro atoms. The lowest BCUT2D eigenvalue weighted by atomic mass is 9.78. The van der Waals surface area contributed by atoms with Crippen LogP contribution >= 0.6 is 0 Å². The maximum Gasteiger partial charge on any atom is 0.327 e. The van der Waals surface area contributed by atoms with E-state index in [1.165, 1.54) is 7.05 Å². The number of amides is 2. The quantitative estimate of drug-likeness (QED) is 0.629. The fraction of sp³-hybridized carbons (Fsp3) is 0.526. The van der Waals surface area contributed by atoms with Gasteiger partial charge in [0.25, 0.3) is 0 Å².